The quantitative estimate of drug-likeness (QED) is 0.743. The SMILES string of the molecule is COc1ccc(C2CCCCO2)c2sc(C3(N4CCOCC4)CC(C(N)=O)=CC=N3)nc12. The van der Waals surface area contributed by atoms with Crippen molar-refractivity contribution in [2.75, 3.05) is 40.0 Å². The third-order valence-corrected chi connectivity index (χ3v) is 7.72. The van der Waals surface area contributed by atoms with Gasteiger partial charge in [0.25, 0.3) is 0 Å². The van der Waals surface area contributed by atoms with E-state index in [1.54, 1.807) is 30.7 Å². The number of methoxy groups -OCH3 is 1. The van der Waals surface area contributed by atoms with Gasteiger partial charge in [-0.3, -0.25) is 14.7 Å². The number of nitrogens with zero attached hydrogens (tertiary/aromatic N) is 3. The number of dihydropyridines is 1. The van der Waals surface area contributed by atoms with Crippen LogP contribution in [-0.4, -0.2) is 62.0 Å². The van der Waals surface area contributed by atoms with Crippen LogP contribution in [0.25, 0.3) is 10.2 Å². The summed E-state index contributed by atoms with van der Waals surface area (Å²) in [6, 6.07) is 4.07. The van der Waals surface area contributed by atoms with E-state index >= 15 is 0 Å². The minimum atomic E-state index is -0.789. The van der Waals surface area contributed by atoms with Crippen LogP contribution in [0, 0.1) is 0 Å². The first-order valence-electron chi connectivity index (χ1n) is 11.1. The van der Waals surface area contributed by atoms with Crippen molar-refractivity contribution in [1.29, 1.82) is 0 Å². The summed E-state index contributed by atoms with van der Waals surface area (Å²) in [5.74, 6) is 0.299. The van der Waals surface area contributed by atoms with Crippen LogP contribution in [0.2, 0.25) is 0 Å². The van der Waals surface area contributed by atoms with Crippen molar-refractivity contribution >= 4 is 33.7 Å². The topological polar surface area (TPSA) is 99.3 Å². The van der Waals surface area contributed by atoms with Gasteiger partial charge in [0.1, 0.15) is 16.3 Å². The lowest BCUT2D eigenvalue weighted by atomic mass is 9.95. The molecule has 2 N–H and O–H groups in total. The first kappa shape index (κ1) is 21.5. The molecular weight excluding hydrogens is 428 g/mol. The van der Waals surface area contributed by atoms with Crippen molar-refractivity contribution in [1.82, 2.24) is 9.88 Å². The van der Waals surface area contributed by atoms with Gasteiger partial charge >= 0.3 is 0 Å². The van der Waals surface area contributed by atoms with Gasteiger partial charge in [-0.1, -0.05) is 6.07 Å². The second kappa shape index (κ2) is 8.90. The van der Waals surface area contributed by atoms with E-state index in [2.05, 4.69) is 11.0 Å². The molecule has 0 bridgehead atoms. The van der Waals surface area contributed by atoms with E-state index in [-0.39, 0.29) is 6.10 Å². The van der Waals surface area contributed by atoms with Gasteiger partial charge in [-0.2, -0.15) is 0 Å². The molecule has 2 fully saturated rings. The third-order valence-electron chi connectivity index (χ3n) is 6.48. The number of thiazole rings is 1. The Kier molecular flexibility index (Phi) is 5.98. The zero-order valence-electron chi connectivity index (χ0n) is 18.2. The first-order valence-corrected chi connectivity index (χ1v) is 11.9. The van der Waals surface area contributed by atoms with Crippen LogP contribution in [0.5, 0.6) is 5.75 Å². The molecule has 3 aliphatic heterocycles. The average molecular weight is 457 g/mol. The Hall–Kier alpha value is -2.33. The van der Waals surface area contributed by atoms with E-state index in [0.717, 1.165) is 52.4 Å². The Morgan fingerprint density at radius 3 is 2.84 bits per heavy atom. The molecule has 9 heteroatoms. The second-order valence-electron chi connectivity index (χ2n) is 8.34. The lowest BCUT2D eigenvalue weighted by Crippen LogP contribution is -2.51. The fraction of sp³-hybridized carbons (Fsp3) is 0.522. The Labute approximate surface area is 191 Å². The summed E-state index contributed by atoms with van der Waals surface area (Å²) in [6.45, 7) is 3.41. The molecule has 2 aromatic rings. The second-order valence-corrected chi connectivity index (χ2v) is 9.34. The van der Waals surface area contributed by atoms with Crippen molar-refractivity contribution in [2.24, 2.45) is 10.7 Å². The van der Waals surface area contributed by atoms with Crippen LogP contribution in [0.1, 0.15) is 42.4 Å². The van der Waals surface area contributed by atoms with Crippen LogP contribution in [0.15, 0.2) is 28.8 Å². The fourth-order valence-corrected chi connectivity index (χ4v) is 6.07. The molecule has 2 saturated heterocycles. The number of rotatable bonds is 5. The monoisotopic (exact) mass is 456 g/mol. The number of hydrogen-bond donors (Lipinski definition) is 1. The fourth-order valence-electron chi connectivity index (χ4n) is 4.76. The molecule has 5 rings (SSSR count). The Balaban J connectivity index is 1.65. The summed E-state index contributed by atoms with van der Waals surface area (Å²) in [7, 11) is 1.66. The predicted octanol–water partition coefficient (Wildman–Crippen LogP) is 2.92. The number of amides is 1. The Morgan fingerprint density at radius 2 is 2.12 bits per heavy atom. The molecule has 0 aliphatic carbocycles. The minimum Gasteiger partial charge on any atom is -0.494 e. The maximum atomic E-state index is 12.1. The predicted molar refractivity (Wildman–Crippen MR) is 123 cm³/mol. The number of primary amides is 1. The van der Waals surface area contributed by atoms with Gasteiger partial charge in [-0.15, -0.1) is 11.3 Å². The zero-order chi connectivity index (χ0) is 22.1. The number of aliphatic imine (C=N–C) groups is 1. The highest BCUT2D eigenvalue weighted by Gasteiger charge is 2.44. The number of hydrogen-bond acceptors (Lipinski definition) is 8. The summed E-state index contributed by atoms with van der Waals surface area (Å²) in [6.07, 6.45) is 7.08. The molecule has 1 amide bonds. The van der Waals surface area contributed by atoms with E-state index < -0.39 is 11.6 Å². The molecule has 8 nitrogen and oxygen atoms in total. The maximum Gasteiger partial charge on any atom is 0.244 e. The number of carbonyl (C=O) groups excluding carboxylic acids is 1. The summed E-state index contributed by atoms with van der Waals surface area (Å²) in [5, 5.41) is 0.832. The molecule has 170 valence electrons. The number of nitrogens with two attached hydrogens (primary N) is 1. The summed E-state index contributed by atoms with van der Waals surface area (Å²) >= 11 is 1.61. The highest BCUT2D eigenvalue weighted by molar-refractivity contribution is 7.19. The Morgan fingerprint density at radius 1 is 1.28 bits per heavy atom. The average Bonchev–Trinajstić information content (AvgIpc) is 3.31. The number of fused-ring (bicyclic) bond motifs is 1. The molecule has 1 aromatic heterocycles. The van der Waals surface area contributed by atoms with Crippen molar-refractivity contribution < 1.29 is 19.0 Å². The molecule has 3 aliphatic rings. The number of allylic oxidation sites excluding steroid dienone is 1. The molecule has 4 heterocycles. The van der Waals surface area contributed by atoms with Crippen LogP contribution in [-0.2, 0) is 19.9 Å². The lowest BCUT2D eigenvalue weighted by Gasteiger charge is -2.42. The van der Waals surface area contributed by atoms with Gasteiger partial charge in [0.15, 0.2) is 5.66 Å². The minimum absolute atomic E-state index is 0.0562. The van der Waals surface area contributed by atoms with E-state index in [4.69, 9.17) is 29.9 Å². The lowest BCUT2D eigenvalue weighted by molar-refractivity contribution is -0.115. The molecule has 0 saturated carbocycles. The van der Waals surface area contributed by atoms with Crippen molar-refractivity contribution in [3.8, 4) is 5.75 Å². The largest absolute Gasteiger partial charge is 0.494 e. The van der Waals surface area contributed by atoms with Crippen molar-refractivity contribution in [3.63, 3.8) is 0 Å². The number of morpholine rings is 1. The van der Waals surface area contributed by atoms with E-state index in [1.807, 2.05) is 6.07 Å². The van der Waals surface area contributed by atoms with Crippen LogP contribution in [0.4, 0.5) is 0 Å². The summed E-state index contributed by atoms with van der Waals surface area (Å²) in [5.41, 5.74) is 7.39. The molecule has 2 atom stereocenters. The number of benzene rings is 1. The van der Waals surface area contributed by atoms with Gasteiger partial charge in [0.05, 0.1) is 31.1 Å². The van der Waals surface area contributed by atoms with E-state index in [9.17, 15) is 4.79 Å². The molecule has 32 heavy (non-hydrogen) atoms. The highest BCUT2D eigenvalue weighted by atomic mass is 32.1. The van der Waals surface area contributed by atoms with Crippen molar-refractivity contribution in [2.45, 2.75) is 37.5 Å². The van der Waals surface area contributed by atoms with Crippen LogP contribution >= 0.6 is 11.3 Å². The standard InChI is InChI=1S/C23H28N4O4S/c1-29-18-6-5-16(17-4-2-3-11-31-17)20-19(18)26-22(32-20)23(27-9-12-30-13-10-27)14-15(21(24)28)7-8-25-23/h5-8,17H,2-4,9-14H2,1H3,(H2,24,28). The smallest absolute Gasteiger partial charge is 0.244 e. The zero-order valence-corrected chi connectivity index (χ0v) is 19.0. The number of ether oxygens (including phenoxy) is 3. The third kappa shape index (κ3) is 3.73. The molecule has 1 aromatic carbocycles. The van der Waals surface area contributed by atoms with Gasteiger partial charge in [-0.25, -0.2) is 4.98 Å². The van der Waals surface area contributed by atoms with Crippen LogP contribution in [0.3, 0.4) is 0 Å². The van der Waals surface area contributed by atoms with E-state index in [0.29, 0.717) is 38.3 Å². The first-order chi connectivity index (χ1) is 15.6. The normalized spacial score (nSPS) is 26.8. The van der Waals surface area contributed by atoms with Gasteiger partial charge in [0.2, 0.25) is 5.91 Å². The Bertz CT molecular complexity index is 1070. The molecular formula is C23H28N4O4S. The number of carbonyl (C=O) groups is 1. The van der Waals surface area contributed by atoms with Gasteiger partial charge in [-0.05, 0) is 31.4 Å². The van der Waals surface area contributed by atoms with Gasteiger partial charge in [0, 0.05) is 43.5 Å². The molecule has 0 radical (unpaired) electrons. The highest BCUT2D eigenvalue weighted by Crippen LogP contribution is 2.46. The molecule has 2 unspecified atom stereocenters. The van der Waals surface area contributed by atoms with Gasteiger partial charge < -0.3 is 19.9 Å². The van der Waals surface area contributed by atoms with Crippen molar-refractivity contribution in [3.05, 3.63) is 34.4 Å². The summed E-state index contributed by atoms with van der Waals surface area (Å²) < 4.78 is 18.4. The molecule has 0 spiro atoms. The summed E-state index contributed by atoms with van der Waals surface area (Å²) in [4.78, 5) is 24.3. The van der Waals surface area contributed by atoms with E-state index in [1.165, 1.54) is 0 Å². The van der Waals surface area contributed by atoms with Crippen LogP contribution < -0.4 is 10.5 Å². The number of aromatic nitrogens is 1. The maximum absolute atomic E-state index is 12.1.